The molecule has 0 amide bonds. The van der Waals surface area contributed by atoms with E-state index in [2.05, 4.69) is 21.8 Å². The van der Waals surface area contributed by atoms with E-state index >= 15 is 0 Å². The Bertz CT molecular complexity index is 321. The topological polar surface area (TPSA) is 29.0 Å². The van der Waals surface area contributed by atoms with Gasteiger partial charge in [0.15, 0.2) is 0 Å². The summed E-state index contributed by atoms with van der Waals surface area (Å²) in [5.41, 5.74) is 0. The number of rotatable bonds is 1. The second-order valence-electron chi connectivity index (χ2n) is 3.33. The summed E-state index contributed by atoms with van der Waals surface area (Å²) in [5, 5.41) is 0.585. The molecule has 0 N–H and O–H groups in total. The number of halogens is 1. The molecule has 2 heterocycles. The zero-order chi connectivity index (χ0) is 9.97. The van der Waals surface area contributed by atoms with Crippen molar-refractivity contribution < 1.29 is 4.39 Å². The number of hydrogen-bond acceptors (Lipinski definition) is 4. The van der Waals surface area contributed by atoms with Crippen molar-refractivity contribution in [2.45, 2.75) is 12.2 Å². The minimum atomic E-state index is -0.458. The lowest BCUT2D eigenvalue weighted by molar-refractivity contribution is 0.577. The zero-order valence-corrected chi connectivity index (χ0v) is 8.80. The summed E-state index contributed by atoms with van der Waals surface area (Å²) in [6.07, 6.45) is 1.27. The van der Waals surface area contributed by atoms with Crippen LogP contribution in [0.5, 0.6) is 0 Å². The van der Waals surface area contributed by atoms with E-state index in [-0.39, 0.29) is 0 Å². The Balaban J connectivity index is 2.14. The summed E-state index contributed by atoms with van der Waals surface area (Å²) >= 11 is 1.94. The quantitative estimate of drug-likeness (QED) is 0.662. The molecule has 1 aliphatic heterocycles. The Morgan fingerprint density at radius 3 is 3.14 bits per heavy atom. The van der Waals surface area contributed by atoms with Crippen LogP contribution in [-0.4, -0.2) is 34.1 Å². The number of nitrogens with zero attached hydrogens (tertiary/aromatic N) is 3. The Morgan fingerprint density at radius 2 is 2.43 bits per heavy atom. The first kappa shape index (κ1) is 9.71. The van der Waals surface area contributed by atoms with Gasteiger partial charge in [-0.05, 0) is 0 Å². The van der Waals surface area contributed by atoms with Crippen LogP contribution in [0.15, 0.2) is 12.4 Å². The normalized spacial score (nSPS) is 22.4. The molecule has 1 fully saturated rings. The highest BCUT2D eigenvalue weighted by molar-refractivity contribution is 8.00. The molecule has 1 aromatic heterocycles. The molecule has 0 radical (unpaired) electrons. The lowest BCUT2D eigenvalue weighted by Crippen LogP contribution is -2.37. The molecule has 0 spiro atoms. The van der Waals surface area contributed by atoms with Crippen molar-refractivity contribution >= 4 is 17.6 Å². The van der Waals surface area contributed by atoms with E-state index in [1.54, 1.807) is 0 Å². The summed E-state index contributed by atoms with van der Waals surface area (Å²) in [4.78, 5) is 9.61. The van der Waals surface area contributed by atoms with Gasteiger partial charge in [-0.2, -0.15) is 16.2 Å². The van der Waals surface area contributed by atoms with E-state index < -0.39 is 5.95 Å². The molecule has 0 aliphatic carbocycles. The Kier molecular flexibility index (Phi) is 2.86. The van der Waals surface area contributed by atoms with Crippen molar-refractivity contribution in [3.63, 3.8) is 0 Å². The molecule has 1 aromatic rings. The SMILES string of the molecule is CC1CN(c2cc(F)ncn2)CCS1. The van der Waals surface area contributed by atoms with Crippen molar-refractivity contribution in [1.29, 1.82) is 0 Å². The number of anilines is 1. The van der Waals surface area contributed by atoms with E-state index in [0.29, 0.717) is 11.1 Å². The first-order chi connectivity index (χ1) is 6.75. The Hall–Kier alpha value is -0.840. The summed E-state index contributed by atoms with van der Waals surface area (Å²) in [6, 6.07) is 1.39. The van der Waals surface area contributed by atoms with Crippen LogP contribution in [0.2, 0.25) is 0 Å². The second kappa shape index (κ2) is 4.13. The van der Waals surface area contributed by atoms with Crippen LogP contribution in [0.1, 0.15) is 6.92 Å². The van der Waals surface area contributed by atoms with E-state index in [4.69, 9.17) is 0 Å². The van der Waals surface area contributed by atoms with Gasteiger partial charge >= 0.3 is 0 Å². The van der Waals surface area contributed by atoms with Gasteiger partial charge < -0.3 is 4.90 Å². The van der Waals surface area contributed by atoms with Crippen LogP contribution in [-0.2, 0) is 0 Å². The van der Waals surface area contributed by atoms with Gasteiger partial charge in [-0.3, -0.25) is 0 Å². The van der Waals surface area contributed by atoms with Crippen LogP contribution in [0.3, 0.4) is 0 Å². The molecule has 0 bridgehead atoms. The van der Waals surface area contributed by atoms with Crippen LogP contribution < -0.4 is 4.90 Å². The van der Waals surface area contributed by atoms with Crippen molar-refractivity contribution in [1.82, 2.24) is 9.97 Å². The molecule has 1 atom stereocenters. The molecule has 1 unspecified atom stereocenters. The fourth-order valence-electron chi connectivity index (χ4n) is 1.52. The monoisotopic (exact) mass is 213 g/mol. The first-order valence-corrected chi connectivity index (χ1v) is 5.64. The predicted octanol–water partition coefficient (Wildman–Crippen LogP) is 1.56. The fraction of sp³-hybridized carbons (Fsp3) is 0.556. The van der Waals surface area contributed by atoms with E-state index in [9.17, 15) is 4.39 Å². The third-order valence-corrected chi connectivity index (χ3v) is 3.32. The van der Waals surface area contributed by atoms with Gasteiger partial charge in [0.05, 0.1) is 0 Å². The van der Waals surface area contributed by atoms with Gasteiger partial charge in [-0.15, -0.1) is 0 Å². The van der Waals surface area contributed by atoms with Gasteiger partial charge in [0.1, 0.15) is 12.1 Å². The van der Waals surface area contributed by atoms with E-state index in [1.165, 1.54) is 12.4 Å². The van der Waals surface area contributed by atoms with E-state index in [0.717, 1.165) is 18.8 Å². The third-order valence-electron chi connectivity index (χ3n) is 2.18. The molecule has 1 saturated heterocycles. The van der Waals surface area contributed by atoms with Crippen molar-refractivity contribution in [3.8, 4) is 0 Å². The Labute approximate surface area is 86.7 Å². The number of hydrogen-bond donors (Lipinski definition) is 0. The van der Waals surface area contributed by atoms with Gasteiger partial charge in [0.25, 0.3) is 0 Å². The van der Waals surface area contributed by atoms with Crippen LogP contribution >= 0.6 is 11.8 Å². The zero-order valence-electron chi connectivity index (χ0n) is 7.98. The minimum Gasteiger partial charge on any atom is -0.355 e. The highest BCUT2D eigenvalue weighted by Crippen LogP contribution is 2.21. The maximum absolute atomic E-state index is 12.8. The largest absolute Gasteiger partial charge is 0.355 e. The first-order valence-electron chi connectivity index (χ1n) is 4.60. The molecule has 1 aliphatic rings. The molecule has 3 nitrogen and oxygen atoms in total. The van der Waals surface area contributed by atoms with Gasteiger partial charge in [0.2, 0.25) is 5.95 Å². The number of thioether (sulfide) groups is 1. The molecule has 76 valence electrons. The molecular weight excluding hydrogens is 201 g/mol. The maximum Gasteiger partial charge on any atom is 0.218 e. The molecule has 0 saturated carbocycles. The molecule has 0 aromatic carbocycles. The Morgan fingerprint density at radius 1 is 1.57 bits per heavy atom. The third kappa shape index (κ3) is 2.15. The molecule has 14 heavy (non-hydrogen) atoms. The highest BCUT2D eigenvalue weighted by Gasteiger charge is 2.18. The fourth-order valence-corrected chi connectivity index (χ4v) is 2.54. The highest BCUT2D eigenvalue weighted by atomic mass is 32.2. The number of aromatic nitrogens is 2. The summed E-state index contributed by atoms with van der Waals surface area (Å²) in [7, 11) is 0. The van der Waals surface area contributed by atoms with Gasteiger partial charge in [0, 0.05) is 30.2 Å². The average molecular weight is 213 g/mol. The van der Waals surface area contributed by atoms with E-state index in [1.807, 2.05) is 11.8 Å². The van der Waals surface area contributed by atoms with Crippen LogP contribution in [0.25, 0.3) is 0 Å². The summed E-state index contributed by atoms with van der Waals surface area (Å²) in [6.45, 7) is 4.04. The second-order valence-corrected chi connectivity index (χ2v) is 4.87. The van der Waals surface area contributed by atoms with Crippen molar-refractivity contribution in [3.05, 3.63) is 18.3 Å². The molecule has 5 heteroatoms. The maximum atomic E-state index is 12.8. The summed E-state index contributed by atoms with van der Waals surface area (Å²) in [5.74, 6) is 1.32. The summed E-state index contributed by atoms with van der Waals surface area (Å²) < 4.78 is 12.8. The lowest BCUT2D eigenvalue weighted by Gasteiger charge is -2.31. The average Bonchev–Trinajstić information content (AvgIpc) is 2.18. The molecule has 2 rings (SSSR count). The lowest BCUT2D eigenvalue weighted by atomic mass is 10.3. The van der Waals surface area contributed by atoms with Crippen molar-refractivity contribution in [2.75, 3.05) is 23.7 Å². The molecular formula is C9H12FN3S. The van der Waals surface area contributed by atoms with Gasteiger partial charge in [-0.1, -0.05) is 6.92 Å². The van der Waals surface area contributed by atoms with Crippen molar-refractivity contribution in [2.24, 2.45) is 0 Å². The van der Waals surface area contributed by atoms with Crippen LogP contribution in [0.4, 0.5) is 10.2 Å². The van der Waals surface area contributed by atoms with Gasteiger partial charge in [-0.25, -0.2) is 9.97 Å². The minimum absolute atomic E-state index is 0.458. The smallest absolute Gasteiger partial charge is 0.218 e. The standard InChI is InChI=1S/C9H12FN3S/c1-7-5-13(2-3-14-7)9-4-8(10)11-6-12-9/h4,6-7H,2-3,5H2,1H3. The predicted molar refractivity (Wildman–Crippen MR) is 56.1 cm³/mol. The van der Waals surface area contributed by atoms with Crippen LogP contribution in [0, 0.1) is 5.95 Å².